The van der Waals surface area contributed by atoms with Gasteiger partial charge < -0.3 is 4.90 Å². The monoisotopic (exact) mass is 356 g/mol. The van der Waals surface area contributed by atoms with Gasteiger partial charge in [-0.1, -0.05) is 42.0 Å². The number of thioether (sulfide) groups is 1. The molecule has 0 saturated carbocycles. The highest BCUT2D eigenvalue weighted by Gasteiger charge is 2.12. The molecule has 5 heteroatoms. The molecule has 0 saturated heterocycles. The Morgan fingerprint density at radius 2 is 2.04 bits per heavy atom. The molecule has 2 aromatic carbocycles. The summed E-state index contributed by atoms with van der Waals surface area (Å²) in [6, 6.07) is 16.5. The second kappa shape index (κ2) is 7.81. The summed E-state index contributed by atoms with van der Waals surface area (Å²) in [5.74, 6) is 1.50. The van der Waals surface area contributed by atoms with Crippen LogP contribution >= 0.6 is 23.1 Å². The van der Waals surface area contributed by atoms with E-state index in [0.717, 1.165) is 16.3 Å². The number of nitrogens with zero attached hydrogens (tertiary/aromatic N) is 2. The largest absolute Gasteiger partial charge is 0.338 e. The Hall–Kier alpha value is -1.85. The van der Waals surface area contributed by atoms with Crippen molar-refractivity contribution in [2.24, 2.45) is 0 Å². The van der Waals surface area contributed by atoms with Crippen LogP contribution in [0.2, 0.25) is 0 Å². The summed E-state index contributed by atoms with van der Waals surface area (Å²) in [5.41, 5.74) is 3.53. The number of thiazole rings is 1. The Bertz CT molecular complexity index is 811. The van der Waals surface area contributed by atoms with Crippen molar-refractivity contribution in [2.45, 2.75) is 19.2 Å². The molecule has 0 aliphatic rings. The van der Waals surface area contributed by atoms with E-state index in [1.54, 1.807) is 28.0 Å². The maximum atomic E-state index is 12.3. The number of carbonyl (C=O) groups excluding carboxylic acids is 1. The number of carbonyl (C=O) groups is 1. The van der Waals surface area contributed by atoms with Gasteiger partial charge in [0.05, 0.1) is 22.5 Å². The minimum Gasteiger partial charge on any atom is -0.338 e. The summed E-state index contributed by atoms with van der Waals surface area (Å²) in [6.07, 6.45) is 0. The Labute approximate surface area is 150 Å². The fourth-order valence-electron chi connectivity index (χ4n) is 2.45. The van der Waals surface area contributed by atoms with Crippen LogP contribution in [0.15, 0.2) is 48.5 Å². The minimum absolute atomic E-state index is 0.145. The molecule has 0 spiro atoms. The fourth-order valence-corrected chi connectivity index (χ4v) is 4.38. The predicted molar refractivity (Wildman–Crippen MR) is 103 cm³/mol. The Balaban J connectivity index is 1.51. The molecule has 0 bridgehead atoms. The molecule has 1 heterocycles. The maximum Gasteiger partial charge on any atom is 0.232 e. The first-order valence-electron chi connectivity index (χ1n) is 7.83. The van der Waals surface area contributed by atoms with Crippen LogP contribution in [0.4, 0.5) is 0 Å². The van der Waals surface area contributed by atoms with Crippen molar-refractivity contribution < 1.29 is 4.79 Å². The Morgan fingerprint density at radius 3 is 2.83 bits per heavy atom. The lowest BCUT2D eigenvalue weighted by Gasteiger charge is -2.15. The van der Waals surface area contributed by atoms with Crippen molar-refractivity contribution in [1.29, 1.82) is 0 Å². The number of aryl methyl sites for hydroxylation is 1. The first kappa shape index (κ1) is 17.0. The van der Waals surface area contributed by atoms with E-state index in [9.17, 15) is 4.79 Å². The number of hydrogen-bond acceptors (Lipinski definition) is 4. The van der Waals surface area contributed by atoms with Gasteiger partial charge in [0.1, 0.15) is 5.01 Å². The Kier molecular flexibility index (Phi) is 5.53. The lowest BCUT2D eigenvalue weighted by Crippen LogP contribution is -2.27. The molecule has 0 radical (unpaired) electrons. The van der Waals surface area contributed by atoms with Crippen LogP contribution in [0, 0.1) is 6.92 Å². The zero-order valence-corrected chi connectivity index (χ0v) is 15.5. The molecule has 3 nitrogen and oxygen atoms in total. The van der Waals surface area contributed by atoms with Crippen molar-refractivity contribution in [1.82, 2.24) is 9.88 Å². The van der Waals surface area contributed by atoms with E-state index in [1.807, 2.05) is 25.2 Å². The standard InChI is InChI=1S/C19H20N2OS2/c1-14-6-5-7-15(10-14)12-23-13-19(22)21(2)11-18-20-16-8-3-4-9-17(16)24-18/h3-10H,11-13H2,1-2H3. The zero-order chi connectivity index (χ0) is 16.9. The van der Waals surface area contributed by atoms with Gasteiger partial charge in [-0.15, -0.1) is 23.1 Å². The topological polar surface area (TPSA) is 33.2 Å². The summed E-state index contributed by atoms with van der Waals surface area (Å²) in [7, 11) is 1.85. The quantitative estimate of drug-likeness (QED) is 0.652. The summed E-state index contributed by atoms with van der Waals surface area (Å²) in [5, 5.41) is 0.982. The first-order valence-corrected chi connectivity index (χ1v) is 9.80. The maximum absolute atomic E-state index is 12.3. The number of para-hydroxylation sites is 1. The molecule has 0 unspecified atom stereocenters. The van der Waals surface area contributed by atoms with Gasteiger partial charge in [-0.2, -0.15) is 0 Å². The third-order valence-electron chi connectivity index (χ3n) is 3.71. The van der Waals surface area contributed by atoms with E-state index in [-0.39, 0.29) is 5.91 Å². The van der Waals surface area contributed by atoms with Crippen molar-refractivity contribution in [3.8, 4) is 0 Å². The lowest BCUT2D eigenvalue weighted by molar-refractivity contribution is -0.127. The first-order chi connectivity index (χ1) is 11.6. The van der Waals surface area contributed by atoms with Gasteiger partial charge in [-0.3, -0.25) is 4.79 Å². The average Bonchev–Trinajstić information content (AvgIpc) is 2.97. The molecular formula is C19H20N2OS2. The number of benzene rings is 2. The van der Waals surface area contributed by atoms with E-state index < -0.39 is 0 Å². The summed E-state index contributed by atoms with van der Waals surface area (Å²) in [6.45, 7) is 2.66. The molecule has 0 aliphatic carbocycles. The lowest BCUT2D eigenvalue weighted by atomic mass is 10.2. The third-order valence-corrected chi connectivity index (χ3v) is 5.72. The van der Waals surface area contributed by atoms with Gasteiger partial charge in [-0.25, -0.2) is 4.98 Å². The fraction of sp³-hybridized carbons (Fsp3) is 0.263. The van der Waals surface area contributed by atoms with E-state index >= 15 is 0 Å². The molecule has 0 fully saturated rings. The predicted octanol–water partition coefficient (Wildman–Crippen LogP) is 4.50. The molecule has 24 heavy (non-hydrogen) atoms. The number of fused-ring (bicyclic) bond motifs is 1. The van der Waals surface area contributed by atoms with Gasteiger partial charge in [0.2, 0.25) is 5.91 Å². The zero-order valence-electron chi connectivity index (χ0n) is 13.9. The molecule has 1 amide bonds. The SMILES string of the molecule is Cc1cccc(CSCC(=O)N(C)Cc2nc3ccccc3s2)c1. The molecular weight excluding hydrogens is 336 g/mol. The second-order valence-corrected chi connectivity index (χ2v) is 7.91. The van der Waals surface area contributed by atoms with Crippen LogP contribution in [-0.2, 0) is 17.1 Å². The number of rotatable bonds is 6. The van der Waals surface area contributed by atoms with E-state index in [4.69, 9.17) is 0 Å². The highest BCUT2D eigenvalue weighted by Crippen LogP contribution is 2.22. The van der Waals surface area contributed by atoms with Gasteiger partial charge in [-0.05, 0) is 24.6 Å². The highest BCUT2D eigenvalue weighted by atomic mass is 32.2. The molecule has 3 aromatic rings. The molecule has 1 aromatic heterocycles. The number of amides is 1. The summed E-state index contributed by atoms with van der Waals surface area (Å²) in [4.78, 5) is 18.7. The summed E-state index contributed by atoms with van der Waals surface area (Å²) >= 11 is 3.31. The number of aromatic nitrogens is 1. The van der Waals surface area contributed by atoms with Gasteiger partial charge in [0, 0.05) is 12.8 Å². The van der Waals surface area contributed by atoms with Gasteiger partial charge in [0.25, 0.3) is 0 Å². The highest BCUT2D eigenvalue weighted by molar-refractivity contribution is 7.99. The van der Waals surface area contributed by atoms with E-state index in [1.165, 1.54) is 15.8 Å². The molecule has 124 valence electrons. The minimum atomic E-state index is 0.145. The average molecular weight is 357 g/mol. The summed E-state index contributed by atoms with van der Waals surface area (Å²) < 4.78 is 1.17. The van der Waals surface area contributed by atoms with Crippen LogP contribution in [0.3, 0.4) is 0 Å². The smallest absolute Gasteiger partial charge is 0.232 e. The van der Waals surface area contributed by atoms with Crippen molar-refractivity contribution >= 4 is 39.2 Å². The van der Waals surface area contributed by atoms with Crippen LogP contribution in [0.1, 0.15) is 16.1 Å². The van der Waals surface area contributed by atoms with Crippen LogP contribution < -0.4 is 0 Å². The molecule has 0 atom stereocenters. The van der Waals surface area contributed by atoms with Crippen LogP contribution in [0.5, 0.6) is 0 Å². The Morgan fingerprint density at radius 1 is 1.21 bits per heavy atom. The van der Waals surface area contributed by atoms with Crippen molar-refractivity contribution in [3.05, 3.63) is 64.7 Å². The number of hydrogen-bond donors (Lipinski definition) is 0. The molecule has 0 aliphatic heterocycles. The van der Waals surface area contributed by atoms with Crippen molar-refractivity contribution in [2.75, 3.05) is 12.8 Å². The second-order valence-electron chi connectivity index (χ2n) is 5.81. The normalized spacial score (nSPS) is 10.9. The molecule has 3 rings (SSSR count). The van der Waals surface area contributed by atoms with E-state index in [2.05, 4.69) is 42.2 Å². The van der Waals surface area contributed by atoms with Crippen LogP contribution in [0.25, 0.3) is 10.2 Å². The van der Waals surface area contributed by atoms with Crippen LogP contribution in [-0.4, -0.2) is 28.6 Å². The van der Waals surface area contributed by atoms with Gasteiger partial charge in [0.15, 0.2) is 0 Å². The van der Waals surface area contributed by atoms with Gasteiger partial charge >= 0.3 is 0 Å². The van der Waals surface area contributed by atoms with E-state index in [0.29, 0.717) is 12.3 Å². The molecule has 0 N–H and O–H groups in total. The third kappa shape index (κ3) is 4.36. The van der Waals surface area contributed by atoms with Crippen molar-refractivity contribution in [3.63, 3.8) is 0 Å².